The average molecular weight is 264 g/mol. The zero-order chi connectivity index (χ0) is 14.1. The van der Waals surface area contributed by atoms with Crippen LogP contribution in [0.2, 0.25) is 0 Å². The van der Waals surface area contributed by atoms with Crippen LogP contribution in [0.4, 0.5) is 0 Å². The summed E-state index contributed by atoms with van der Waals surface area (Å²) < 4.78 is 0. The van der Waals surface area contributed by atoms with E-state index in [4.69, 9.17) is 5.11 Å². The molecule has 0 bridgehead atoms. The summed E-state index contributed by atoms with van der Waals surface area (Å²) in [5, 5.41) is 20.4. The van der Waals surface area contributed by atoms with Gasteiger partial charge in [-0.3, -0.25) is 0 Å². The third kappa shape index (κ3) is 2.21. The first-order valence-corrected chi connectivity index (χ1v) is 6.20. The number of rotatable bonds is 2. The Hall–Kier alpha value is -2.81. The largest absolute Gasteiger partial charge is 0.508 e. The van der Waals surface area contributed by atoms with Crippen LogP contribution in [-0.4, -0.2) is 16.2 Å². The number of benzene rings is 3. The number of aromatic hydroxyl groups is 1. The fourth-order valence-corrected chi connectivity index (χ4v) is 2.24. The molecule has 0 unspecified atom stereocenters. The summed E-state index contributed by atoms with van der Waals surface area (Å²) in [5.41, 5.74) is 2.08. The number of fused-ring (bicyclic) bond motifs is 1. The average Bonchev–Trinajstić information content (AvgIpc) is 2.47. The molecule has 0 heterocycles. The second-order valence-electron chi connectivity index (χ2n) is 4.63. The minimum absolute atomic E-state index is 0.234. The highest BCUT2D eigenvalue weighted by Crippen LogP contribution is 2.27. The third-order valence-corrected chi connectivity index (χ3v) is 3.27. The molecular weight excluding hydrogens is 252 g/mol. The Labute approximate surface area is 115 Å². The number of hydrogen-bond donors (Lipinski definition) is 2. The van der Waals surface area contributed by atoms with E-state index in [1.165, 1.54) is 0 Å². The second kappa shape index (κ2) is 4.70. The molecule has 0 amide bonds. The molecule has 0 radical (unpaired) electrons. The van der Waals surface area contributed by atoms with Gasteiger partial charge in [-0.05, 0) is 52.2 Å². The molecule has 3 aromatic rings. The van der Waals surface area contributed by atoms with E-state index >= 15 is 0 Å². The zero-order valence-electron chi connectivity index (χ0n) is 10.6. The van der Waals surface area contributed by atoms with Crippen molar-refractivity contribution in [1.29, 1.82) is 0 Å². The topological polar surface area (TPSA) is 57.5 Å². The summed E-state index contributed by atoms with van der Waals surface area (Å²) in [5.74, 6) is -0.698. The smallest absolute Gasteiger partial charge is 0.335 e. The fraction of sp³-hybridized carbons (Fsp3) is 0. The van der Waals surface area contributed by atoms with Gasteiger partial charge in [-0.2, -0.15) is 0 Å². The van der Waals surface area contributed by atoms with Crippen LogP contribution in [0.3, 0.4) is 0 Å². The van der Waals surface area contributed by atoms with Crippen LogP contribution in [0.25, 0.3) is 21.9 Å². The molecule has 0 fully saturated rings. The summed E-state index contributed by atoms with van der Waals surface area (Å²) in [6.07, 6.45) is 0. The highest BCUT2D eigenvalue weighted by Gasteiger charge is 2.05. The van der Waals surface area contributed by atoms with Crippen molar-refractivity contribution in [3.63, 3.8) is 0 Å². The van der Waals surface area contributed by atoms with Gasteiger partial charge in [-0.25, -0.2) is 4.79 Å². The van der Waals surface area contributed by atoms with Gasteiger partial charge in [0.05, 0.1) is 5.56 Å². The molecule has 2 N–H and O–H groups in total. The predicted octanol–water partition coefficient (Wildman–Crippen LogP) is 3.91. The Morgan fingerprint density at radius 1 is 0.800 bits per heavy atom. The Morgan fingerprint density at radius 2 is 1.50 bits per heavy atom. The Bertz CT molecular complexity index is 806. The number of carboxylic acids is 1. The molecule has 0 aromatic heterocycles. The van der Waals surface area contributed by atoms with E-state index in [0.29, 0.717) is 0 Å². The van der Waals surface area contributed by atoms with Crippen molar-refractivity contribution in [2.45, 2.75) is 0 Å². The SMILES string of the molecule is O=C(O)c1cccc(-c2ccc3cc(O)ccc3c2)c1. The molecular formula is C17H12O3. The van der Waals surface area contributed by atoms with Crippen molar-refractivity contribution in [3.05, 3.63) is 66.2 Å². The van der Waals surface area contributed by atoms with Gasteiger partial charge >= 0.3 is 5.97 Å². The Balaban J connectivity index is 2.12. The van der Waals surface area contributed by atoms with Crippen LogP contribution in [0, 0.1) is 0 Å². The standard InChI is InChI=1S/C17H12O3/c18-16-7-6-13-8-12(4-5-14(13)10-16)11-2-1-3-15(9-11)17(19)20/h1-10,18H,(H,19,20). The van der Waals surface area contributed by atoms with Crippen LogP contribution in [-0.2, 0) is 0 Å². The summed E-state index contributed by atoms with van der Waals surface area (Å²) >= 11 is 0. The molecule has 3 heteroatoms. The summed E-state index contributed by atoms with van der Waals surface area (Å²) in [7, 11) is 0. The monoisotopic (exact) mass is 264 g/mol. The molecule has 3 nitrogen and oxygen atoms in total. The lowest BCUT2D eigenvalue weighted by Crippen LogP contribution is -1.95. The van der Waals surface area contributed by atoms with E-state index in [9.17, 15) is 9.90 Å². The van der Waals surface area contributed by atoms with Gasteiger partial charge in [-0.15, -0.1) is 0 Å². The molecule has 0 spiro atoms. The van der Waals surface area contributed by atoms with Crippen molar-refractivity contribution in [1.82, 2.24) is 0 Å². The first kappa shape index (κ1) is 12.2. The molecule has 3 aromatic carbocycles. The molecule has 0 aliphatic heterocycles. The minimum atomic E-state index is -0.933. The molecule has 0 saturated carbocycles. The van der Waals surface area contributed by atoms with Gasteiger partial charge in [0.15, 0.2) is 0 Å². The number of aromatic carboxylic acids is 1. The van der Waals surface area contributed by atoms with E-state index in [1.807, 2.05) is 30.3 Å². The van der Waals surface area contributed by atoms with Gasteiger partial charge in [0.25, 0.3) is 0 Å². The van der Waals surface area contributed by atoms with Crippen LogP contribution < -0.4 is 0 Å². The Morgan fingerprint density at radius 3 is 2.30 bits per heavy atom. The number of carboxylic acid groups (broad SMARTS) is 1. The van der Waals surface area contributed by atoms with E-state index in [0.717, 1.165) is 21.9 Å². The highest BCUT2D eigenvalue weighted by molar-refractivity contribution is 5.91. The lowest BCUT2D eigenvalue weighted by atomic mass is 9.99. The first-order valence-electron chi connectivity index (χ1n) is 6.20. The predicted molar refractivity (Wildman–Crippen MR) is 78.0 cm³/mol. The maximum Gasteiger partial charge on any atom is 0.335 e. The molecule has 20 heavy (non-hydrogen) atoms. The lowest BCUT2D eigenvalue weighted by Gasteiger charge is -2.05. The van der Waals surface area contributed by atoms with E-state index in [1.54, 1.807) is 30.3 Å². The van der Waals surface area contributed by atoms with Gasteiger partial charge in [-0.1, -0.05) is 30.3 Å². The number of phenolic OH excluding ortho intramolecular Hbond substituents is 1. The van der Waals surface area contributed by atoms with Gasteiger partial charge in [0.1, 0.15) is 5.75 Å². The molecule has 0 saturated heterocycles. The lowest BCUT2D eigenvalue weighted by molar-refractivity contribution is 0.0697. The molecule has 98 valence electrons. The van der Waals surface area contributed by atoms with Crippen molar-refractivity contribution < 1.29 is 15.0 Å². The van der Waals surface area contributed by atoms with E-state index < -0.39 is 5.97 Å². The maximum absolute atomic E-state index is 11.0. The Kier molecular flexibility index (Phi) is 2.88. The molecule has 0 atom stereocenters. The summed E-state index contributed by atoms with van der Waals surface area (Å²) in [6, 6.07) is 17.8. The normalized spacial score (nSPS) is 10.6. The van der Waals surface area contributed by atoms with Crippen molar-refractivity contribution in [2.75, 3.05) is 0 Å². The maximum atomic E-state index is 11.0. The van der Waals surface area contributed by atoms with Crippen molar-refractivity contribution in [3.8, 4) is 16.9 Å². The third-order valence-electron chi connectivity index (χ3n) is 3.27. The number of carbonyl (C=O) groups is 1. The van der Waals surface area contributed by atoms with E-state index in [2.05, 4.69) is 0 Å². The quantitative estimate of drug-likeness (QED) is 0.737. The minimum Gasteiger partial charge on any atom is -0.508 e. The van der Waals surface area contributed by atoms with Crippen molar-refractivity contribution in [2.24, 2.45) is 0 Å². The number of hydrogen-bond acceptors (Lipinski definition) is 2. The molecule has 3 rings (SSSR count). The van der Waals surface area contributed by atoms with Crippen LogP contribution in [0.15, 0.2) is 60.7 Å². The van der Waals surface area contributed by atoms with E-state index in [-0.39, 0.29) is 11.3 Å². The van der Waals surface area contributed by atoms with Crippen LogP contribution >= 0.6 is 0 Å². The van der Waals surface area contributed by atoms with Crippen LogP contribution in [0.5, 0.6) is 5.75 Å². The van der Waals surface area contributed by atoms with Crippen LogP contribution in [0.1, 0.15) is 10.4 Å². The summed E-state index contributed by atoms with van der Waals surface area (Å²) in [4.78, 5) is 11.0. The summed E-state index contributed by atoms with van der Waals surface area (Å²) in [6.45, 7) is 0. The highest BCUT2D eigenvalue weighted by atomic mass is 16.4. The fourth-order valence-electron chi connectivity index (χ4n) is 2.24. The molecule has 0 aliphatic carbocycles. The van der Waals surface area contributed by atoms with Crippen molar-refractivity contribution >= 4 is 16.7 Å². The second-order valence-corrected chi connectivity index (χ2v) is 4.63. The van der Waals surface area contributed by atoms with Gasteiger partial charge in [0.2, 0.25) is 0 Å². The molecule has 0 aliphatic rings. The number of phenols is 1. The zero-order valence-corrected chi connectivity index (χ0v) is 10.6. The first-order chi connectivity index (χ1) is 9.63. The van der Waals surface area contributed by atoms with Gasteiger partial charge in [0, 0.05) is 0 Å². The van der Waals surface area contributed by atoms with Gasteiger partial charge < -0.3 is 10.2 Å².